The summed E-state index contributed by atoms with van der Waals surface area (Å²) in [5, 5.41) is 11.1. The van der Waals surface area contributed by atoms with Crippen LogP contribution in [0.15, 0.2) is 18.2 Å². The molecule has 2 unspecified atom stereocenters. The zero-order valence-corrected chi connectivity index (χ0v) is 12.5. The van der Waals surface area contributed by atoms with Gasteiger partial charge in [0.2, 0.25) is 0 Å². The van der Waals surface area contributed by atoms with Crippen LogP contribution in [0.2, 0.25) is 5.02 Å². The largest absolute Gasteiger partial charge is 0.336 e. The van der Waals surface area contributed by atoms with Gasteiger partial charge in [-0.15, -0.1) is 0 Å². The second-order valence-electron chi connectivity index (χ2n) is 5.41. The van der Waals surface area contributed by atoms with Crippen LogP contribution in [-0.4, -0.2) is 34.9 Å². The Balaban J connectivity index is 2.30. The van der Waals surface area contributed by atoms with Crippen molar-refractivity contribution < 1.29 is 9.72 Å². The van der Waals surface area contributed by atoms with Crippen molar-refractivity contribution in [1.82, 2.24) is 4.90 Å². The minimum absolute atomic E-state index is 0.0793. The standard InChI is InChI=1S/C14H18ClN3O3/c1-9-2-3-10(7-16)8-17(9)14(19)12-6-11(18(20)21)4-5-13(12)15/h4-6,9-10H,2-3,7-8,16H2,1H3. The maximum atomic E-state index is 12.6. The third-order valence-corrected chi connectivity index (χ3v) is 4.29. The van der Waals surface area contributed by atoms with Crippen LogP contribution in [-0.2, 0) is 0 Å². The molecule has 2 atom stereocenters. The smallest absolute Gasteiger partial charge is 0.270 e. The Hall–Kier alpha value is -1.66. The number of carbonyl (C=O) groups excluding carboxylic acids is 1. The van der Waals surface area contributed by atoms with Crippen molar-refractivity contribution in [2.75, 3.05) is 13.1 Å². The lowest BCUT2D eigenvalue weighted by Crippen LogP contribution is -2.47. The van der Waals surface area contributed by atoms with E-state index >= 15 is 0 Å². The topological polar surface area (TPSA) is 89.5 Å². The van der Waals surface area contributed by atoms with Gasteiger partial charge in [-0.05, 0) is 38.3 Å². The summed E-state index contributed by atoms with van der Waals surface area (Å²) in [5.74, 6) is -0.00280. The minimum atomic E-state index is -0.532. The zero-order chi connectivity index (χ0) is 15.6. The van der Waals surface area contributed by atoms with Crippen LogP contribution in [0.5, 0.6) is 0 Å². The van der Waals surface area contributed by atoms with Crippen LogP contribution in [0.4, 0.5) is 5.69 Å². The first kappa shape index (κ1) is 15.7. The van der Waals surface area contributed by atoms with E-state index in [1.54, 1.807) is 4.90 Å². The van der Waals surface area contributed by atoms with Crippen molar-refractivity contribution in [2.45, 2.75) is 25.8 Å². The molecule has 1 aliphatic rings. The number of nitro groups is 1. The van der Waals surface area contributed by atoms with E-state index in [9.17, 15) is 14.9 Å². The van der Waals surface area contributed by atoms with Crippen LogP contribution in [0.3, 0.4) is 0 Å². The molecule has 21 heavy (non-hydrogen) atoms. The van der Waals surface area contributed by atoms with Gasteiger partial charge in [-0.2, -0.15) is 0 Å². The Morgan fingerprint density at radius 2 is 2.24 bits per heavy atom. The lowest BCUT2D eigenvalue weighted by molar-refractivity contribution is -0.384. The van der Waals surface area contributed by atoms with Crippen LogP contribution in [0, 0.1) is 16.0 Å². The molecule has 1 aromatic rings. The summed E-state index contributed by atoms with van der Waals surface area (Å²) in [6, 6.07) is 4.00. The molecule has 1 aromatic carbocycles. The second-order valence-corrected chi connectivity index (χ2v) is 5.81. The van der Waals surface area contributed by atoms with Gasteiger partial charge in [-0.25, -0.2) is 0 Å². The lowest BCUT2D eigenvalue weighted by Gasteiger charge is -2.37. The van der Waals surface area contributed by atoms with Gasteiger partial charge in [0.15, 0.2) is 0 Å². The number of nitrogens with zero attached hydrogens (tertiary/aromatic N) is 2. The second kappa shape index (κ2) is 6.41. The van der Waals surface area contributed by atoms with Crippen molar-refractivity contribution in [3.8, 4) is 0 Å². The van der Waals surface area contributed by atoms with Crippen molar-refractivity contribution in [2.24, 2.45) is 11.7 Å². The van der Waals surface area contributed by atoms with E-state index in [4.69, 9.17) is 17.3 Å². The average molecular weight is 312 g/mol. The van der Waals surface area contributed by atoms with Gasteiger partial charge >= 0.3 is 0 Å². The van der Waals surface area contributed by atoms with E-state index in [1.807, 2.05) is 6.92 Å². The number of piperidine rings is 1. The molecule has 7 heteroatoms. The highest BCUT2D eigenvalue weighted by Gasteiger charge is 2.30. The molecule has 2 N–H and O–H groups in total. The quantitative estimate of drug-likeness (QED) is 0.686. The number of likely N-dealkylation sites (tertiary alicyclic amines) is 1. The van der Waals surface area contributed by atoms with Crippen molar-refractivity contribution in [1.29, 1.82) is 0 Å². The van der Waals surface area contributed by atoms with Crippen molar-refractivity contribution in [3.05, 3.63) is 38.9 Å². The molecule has 1 heterocycles. The minimum Gasteiger partial charge on any atom is -0.336 e. The predicted molar refractivity (Wildman–Crippen MR) is 80.4 cm³/mol. The molecule has 1 amide bonds. The molecule has 0 radical (unpaired) electrons. The number of amides is 1. The molecule has 1 aliphatic heterocycles. The van der Waals surface area contributed by atoms with Crippen molar-refractivity contribution in [3.63, 3.8) is 0 Å². The first-order chi connectivity index (χ1) is 9.93. The number of rotatable bonds is 3. The maximum Gasteiger partial charge on any atom is 0.270 e. The summed E-state index contributed by atoms with van der Waals surface area (Å²) in [6.45, 7) is 3.06. The molecular formula is C14H18ClN3O3. The normalized spacial score (nSPS) is 22.1. The molecule has 114 valence electrons. The lowest BCUT2D eigenvalue weighted by atomic mass is 9.93. The molecule has 2 rings (SSSR count). The van der Waals surface area contributed by atoms with E-state index in [-0.39, 0.29) is 34.1 Å². The van der Waals surface area contributed by atoms with Gasteiger partial charge < -0.3 is 10.6 Å². The number of nitrogens with two attached hydrogens (primary N) is 1. The van der Waals surface area contributed by atoms with Crippen LogP contribution >= 0.6 is 11.6 Å². The van der Waals surface area contributed by atoms with E-state index in [2.05, 4.69) is 0 Å². The Bertz CT molecular complexity index is 564. The number of nitro benzene ring substituents is 1. The summed E-state index contributed by atoms with van der Waals surface area (Å²) in [7, 11) is 0. The van der Waals surface area contributed by atoms with Gasteiger partial charge in [0.25, 0.3) is 11.6 Å². The Morgan fingerprint density at radius 3 is 2.86 bits per heavy atom. The first-order valence-electron chi connectivity index (χ1n) is 6.89. The van der Waals surface area contributed by atoms with Gasteiger partial charge in [0.05, 0.1) is 15.5 Å². The SMILES string of the molecule is CC1CCC(CN)CN1C(=O)c1cc([N+](=O)[O-])ccc1Cl. The highest BCUT2D eigenvalue weighted by molar-refractivity contribution is 6.33. The number of benzene rings is 1. The first-order valence-corrected chi connectivity index (χ1v) is 7.26. The highest BCUT2D eigenvalue weighted by atomic mass is 35.5. The Kier molecular flexibility index (Phi) is 4.80. The number of non-ortho nitro benzene ring substituents is 1. The average Bonchev–Trinajstić information content (AvgIpc) is 2.47. The van der Waals surface area contributed by atoms with Gasteiger partial charge in [0.1, 0.15) is 0 Å². The van der Waals surface area contributed by atoms with E-state index in [0.717, 1.165) is 12.8 Å². The van der Waals surface area contributed by atoms with E-state index in [0.29, 0.717) is 13.1 Å². The van der Waals surface area contributed by atoms with E-state index in [1.165, 1.54) is 18.2 Å². The molecular weight excluding hydrogens is 294 g/mol. The van der Waals surface area contributed by atoms with Crippen LogP contribution in [0.1, 0.15) is 30.1 Å². The maximum absolute atomic E-state index is 12.6. The number of hydrogen-bond donors (Lipinski definition) is 1. The fourth-order valence-electron chi connectivity index (χ4n) is 2.60. The summed E-state index contributed by atoms with van der Waals surface area (Å²) >= 11 is 6.04. The summed E-state index contributed by atoms with van der Waals surface area (Å²) < 4.78 is 0. The van der Waals surface area contributed by atoms with Gasteiger partial charge in [-0.1, -0.05) is 11.6 Å². The molecule has 0 bridgehead atoms. The van der Waals surface area contributed by atoms with E-state index < -0.39 is 4.92 Å². The van der Waals surface area contributed by atoms with Crippen LogP contribution in [0.25, 0.3) is 0 Å². The van der Waals surface area contributed by atoms with Crippen molar-refractivity contribution >= 4 is 23.2 Å². The van der Waals surface area contributed by atoms with Gasteiger partial charge in [0, 0.05) is 24.7 Å². The molecule has 6 nitrogen and oxygen atoms in total. The third kappa shape index (κ3) is 3.33. The monoisotopic (exact) mass is 311 g/mol. The Morgan fingerprint density at radius 1 is 1.52 bits per heavy atom. The fraction of sp³-hybridized carbons (Fsp3) is 0.500. The fourth-order valence-corrected chi connectivity index (χ4v) is 2.80. The Labute approximate surface area is 128 Å². The summed E-state index contributed by atoms with van der Waals surface area (Å²) in [5.41, 5.74) is 5.73. The molecule has 0 aliphatic carbocycles. The molecule has 0 spiro atoms. The van der Waals surface area contributed by atoms with Crippen LogP contribution < -0.4 is 5.73 Å². The highest BCUT2D eigenvalue weighted by Crippen LogP contribution is 2.27. The molecule has 1 saturated heterocycles. The summed E-state index contributed by atoms with van der Waals surface area (Å²) in [4.78, 5) is 24.7. The number of hydrogen-bond acceptors (Lipinski definition) is 4. The van der Waals surface area contributed by atoms with Gasteiger partial charge in [-0.3, -0.25) is 14.9 Å². The number of halogens is 1. The molecule has 1 fully saturated rings. The zero-order valence-electron chi connectivity index (χ0n) is 11.8. The number of carbonyl (C=O) groups is 1. The molecule has 0 aromatic heterocycles. The third-order valence-electron chi connectivity index (χ3n) is 3.97. The summed E-state index contributed by atoms with van der Waals surface area (Å²) in [6.07, 6.45) is 1.87. The molecule has 0 saturated carbocycles. The predicted octanol–water partition coefficient (Wildman–Crippen LogP) is 2.45.